The van der Waals surface area contributed by atoms with Gasteiger partial charge in [-0.05, 0) is 39.3 Å². The maximum Gasteiger partial charge on any atom is 0.487 e. The van der Waals surface area contributed by atoms with Gasteiger partial charge in [-0.15, -0.1) is 0 Å². The van der Waals surface area contributed by atoms with Gasteiger partial charge in [0.25, 0.3) is 0 Å². The van der Waals surface area contributed by atoms with Gasteiger partial charge in [-0.2, -0.15) is 4.39 Å². The van der Waals surface area contributed by atoms with Crippen LogP contribution in [0, 0.1) is 11.8 Å². The Hall–Kier alpha value is -1.27. The van der Waals surface area contributed by atoms with E-state index in [1.165, 1.54) is 6.20 Å². The lowest BCUT2D eigenvalue weighted by Crippen LogP contribution is -2.41. The Morgan fingerprint density at radius 2 is 1.74 bits per heavy atom. The van der Waals surface area contributed by atoms with E-state index in [0.717, 1.165) is 6.07 Å². The first-order valence-corrected chi connectivity index (χ1v) is 6.06. The maximum atomic E-state index is 13.0. The molecule has 0 aliphatic carbocycles. The van der Waals surface area contributed by atoms with E-state index >= 15 is 0 Å². The lowest BCUT2D eigenvalue weighted by atomic mass is 9.89. The Balaban J connectivity index is 2.10. The second kappa shape index (κ2) is 4.69. The van der Waals surface area contributed by atoms with Crippen LogP contribution in [-0.2, 0) is 9.31 Å². The van der Waals surface area contributed by atoms with Crippen molar-refractivity contribution in [1.29, 1.82) is 0 Å². The van der Waals surface area contributed by atoms with Crippen molar-refractivity contribution in [3.8, 4) is 0 Å². The van der Waals surface area contributed by atoms with Gasteiger partial charge in [0.15, 0.2) is 5.82 Å². The first-order chi connectivity index (χ1) is 8.71. The molecule has 0 N–H and O–H groups in total. The van der Waals surface area contributed by atoms with Gasteiger partial charge in [0, 0.05) is 6.20 Å². The highest BCUT2D eigenvalue weighted by molar-refractivity contribution is 6.52. The summed E-state index contributed by atoms with van der Waals surface area (Å²) < 4.78 is 37.2. The molecule has 1 saturated heterocycles. The standard InChI is InChI=1S/C13H16BF2NO2/c1-12(2)13(3,4)19-14(18-12)6-5-9-7-10(15)11(16)17-8-9/h5-8H,1-4H3/b6-5+. The third kappa shape index (κ3) is 2.85. The Morgan fingerprint density at radius 3 is 2.26 bits per heavy atom. The van der Waals surface area contributed by atoms with Gasteiger partial charge < -0.3 is 9.31 Å². The van der Waals surface area contributed by atoms with Crippen LogP contribution >= 0.6 is 0 Å². The van der Waals surface area contributed by atoms with Crippen LogP contribution < -0.4 is 0 Å². The molecule has 2 rings (SSSR count). The van der Waals surface area contributed by atoms with E-state index in [9.17, 15) is 8.78 Å². The van der Waals surface area contributed by atoms with Crippen molar-refractivity contribution in [3.63, 3.8) is 0 Å². The van der Waals surface area contributed by atoms with Crippen LogP contribution in [0.25, 0.3) is 6.08 Å². The highest BCUT2D eigenvalue weighted by Gasteiger charge is 2.49. The zero-order valence-electron chi connectivity index (χ0n) is 11.4. The molecule has 0 atom stereocenters. The fourth-order valence-corrected chi connectivity index (χ4v) is 1.68. The molecule has 0 spiro atoms. The van der Waals surface area contributed by atoms with Gasteiger partial charge in [0.1, 0.15) is 0 Å². The van der Waals surface area contributed by atoms with Crippen molar-refractivity contribution < 1.29 is 18.1 Å². The van der Waals surface area contributed by atoms with E-state index in [2.05, 4.69) is 4.98 Å². The minimum Gasteiger partial charge on any atom is -0.400 e. The molecule has 0 radical (unpaired) electrons. The average Bonchev–Trinajstić information content (AvgIpc) is 2.49. The quantitative estimate of drug-likeness (QED) is 0.609. The van der Waals surface area contributed by atoms with Crippen LogP contribution in [0.2, 0.25) is 0 Å². The number of pyridine rings is 1. The topological polar surface area (TPSA) is 31.4 Å². The molecule has 2 heterocycles. The minimum atomic E-state index is -1.10. The summed E-state index contributed by atoms with van der Waals surface area (Å²) in [5.74, 6) is -0.422. The summed E-state index contributed by atoms with van der Waals surface area (Å²) >= 11 is 0. The first-order valence-electron chi connectivity index (χ1n) is 6.06. The molecule has 1 fully saturated rings. The van der Waals surface area contributed by atoms with Gasteiger partial charge >= 0.3 is 7.12 Å². The zero-order valence-corrected chi connectivity index (χ0v) is 11.4. The van der Waals surface area contributed by atoms with Gasteiger partial charge in [-0.25, -0.2) is 9.37 Å². The Labute approximate surface area is 111 Å². The number of hydrogen-bond acceptors (Lipinski definition) is 3. The van der Waals surface area contributed by atoms with Gasteiger partial charge in [-0.3, -0.25) is 0 Å². The Kier molecular flexibility index (Phi) is 3.49. The molecule has 19 heavy (non-hydrogen) atoms. The summed E-state index contributed by atoms with van der Waals surface area (Å²) in [6, 6.07) is 1.07. The smallest absolute Gasteiger partial charge is 0.400 e. The van der Waals surface area contributed by atoms with Crippen LogP contribution in [0.3, 0.4) is 0 Å². The normalized spacial score (nSPS) is 21.3. The van der Waals surface area contributed by atoms with Crippen molar-refractivity contribution in [2.75, 3.05) is 0 Å². The van der Waals surface area contributed by atoms with E-state index in [-0.39, 0.29) is 0 Å². The summed E-state index contributed by atoms with van der Waals surface area (Å²) in [5.41, 5.74) is -0.392. The largest absolute Gasteiger partial charge is 0.487 e. The summed E-state index contributed by atoms with van der Waals surface area (Å²) in [6.45, 7) is 7.78. The molecule has 6 heteroatoms. The van der Waals surface area contributed by atoms with Crippen LogP contribution in [0.15, 0.2) is 18.2 Å². The Bertz CT molecular complexity index is 501. The van der Waals surface area contributed by atoms with Gasteiger partial charge in [0.2, 0.25) is 5.95 Å². The number of nitrogens with zero attached hydrogens (tertiary/aromatic N) is 1. The number of halogens is 2. The van der Waals surface area contributed by atoms with E-state index in [0.29, 0.717) is 5.56 Å². The van der Waals surface area contributed by atoms with Crippen LogP contribution in [0.1, 0.15) is 33.3 Å². The number of aromatic nitrogens is 1. The molecule has 102 valence electrons. The predicted molar refractivity (Wildman–Crippen MR) is 69.3 cm³/mol. The number of hydrogen-bond donors (Lipinski definition) is 0. The average molecular weight is 267 g/mol. The molecular weight excluding hydrogens is 251 g/mol. The van der Waals surface area contributed by atoms with Gasteiger partial charge in [-0.1, -0.05) is 12.1 Å². The monoisotopic (exact) mass is 267 g/mol. The second-order valence-electron chi connectivity index (χ2n) is 5.53. The molecule has 1 aromatic heterocycles. The highest BCUT2D eigenvalue weighted by Crippen LogP contribution is 2.36. The summed E-state index contributed by atoms with van der Waals surface area (Å²) in [6.07, 6.45) is 2.85. The molecule has 0 unspecified atom stereocenters. The summed E-state index contributed by atoms with van der Waals surface area (Å²) in [7, 11) is -0.516. The fraction of sp³-hybridized carbons (Fsp3) is 0.462. The third-order valence-corrected chi connectivity index (χ3v) is 3.53. The minimum absolute atomic E-state index is 0.422. The van der Waals surface area contributed by atoms with E-state index in [1.807, 2.05) is 27.7 Å². The highest BCUT2D eigenvalue weighted by atomic mass is 19.2. The molecule has 1 aliphatic heterocycles. The molecule has 0 bridgehead atoms. The fourth-order valence-electron chi connectivity index (χ4n) is 1.68. The lowest BCUT2D eigenvalue weighted by Gasteiger charge is -2.32. The third-order valence-electron chi connectivity index (χ3n) is 3.53. The van der Waals surface area contributed by atoms with Crippen molar-refractivity contribution in [2.24, 2.45) is 0 Å². The molecule has 1 aromatic rings. The first kappa shape index (κ1) is 14.2. The number of rotatable bonds is 2. The SMILES string of the molecule is CC1(C)OB(/C=C/c2cnc(F)c(F)c2)OC1(C)C. The zero-order chi connectivity index (χ0) is 14.3. The van der Waals surface area contributed by atoms with Crippen LogP contribution in [-0.4, -0.2) is 23.3 Å². The molecule has 0 saturated carbocycles. The summed E-state index contributed by atoms with van der Waals surface area (Å²) in [4.78, 5) is 3.31. The van der Waals surface area contributed by atoms with E-state index in [4.69, 9.17) is 9.31 Å². The molecule has 0 aromatic carbocycles. The van der Waals surface area contributed by atoms with Gasteiger partial charge in [0.05, 0.1) is 11.2 Å². The second-order valence-corrected chi connectivity index (χ2v) is 5.53. The van der Waals surface area contributed by atoms with Crippen molar-refractivity contribution >= 4 is 13.2 Å². The van der Waals surface area contributed by atoms with Crippen molar-refractivity contribution in [3.05, 3.63) is 35.6 Å². The summed E-state index contributed by atoms with van der Waals surface area (Å²) in [5, 5.41) is 0. The van der Waals surface area contributed by atoms with E-state index < -0.39 is 30.1 Å². The van der Waals surface area contributed by atoms with Crippen molar-refractivity contribution in [2.45, 2.75) is 38.9 Å². The maximum absolute atomic E-state index is 13.0. The van der Waals surface area contributed by atoms with Crippen molar-refractivity contribution in [1.82, 2.24) is 4.98 Å². The van der Waals surface area contributed by atoms with Crippen LogP contribution in [0.5, 0.6) is 0 Å². The molecule has 1 aliphatic rings. The molecule has 0 amide bonds. The molecular formula is C13H16BF2NO2. The van der Waals surface area contributed by atoms with E-state index in [1.54, 1.807) is 12.1 Å². The van der Waals surface area contributed by atoms with Crippen LogP contribution in [0.4, 0.5) is 8.78 Å². The predicted octanol–water partition coefficient (Wildman–Crippen LogP) is 3.00. The molecule has 3 nitrogen and oxygen atoms in total. The Morgan fingerprint density at radius 1 is 1.16 bits per heavy atom. The lowest BCUT2D eigenvalue weighted by molar-refractivity contribution is 0.00578.